The van der Waals surface area contributed by atoms with Crippen LogP contribution in [-0.2, 0) is 6.18 Å². The van der Waals surface area contributed by atoms with Crippen molar-refractivity contribution in [2.45, 2.75) is 20.0 Å². The maximum absolute atomic E-state index is 13.0. The number of anilines is 1. The molecule has 27 heavy (non-hydrogen) atoms. The van der Waals surface area contributed by atoms with Crippen LogP contribution in [0.3, 0.4) is 0 Å². The molecule has 0 saturated carbocycles. The van der Waals surface area contributed by atoms with Crippen LogP contribution >= 0.6 is 0 Å². The Balaban J connectivity index is 2.35. The van der Waals surface area contributed by atoms with Crippen LogP contribution in [0.15, 0.2) is 36.4 Å². The Morgan fingerprint density at radius 2 is 1.59 bits per heavy atom. The van der Waals surface area contributed by atoms with Crippen molar-refractivity contribution in [2.75, 3.05) is 25.6 Å². The van der Waals surface area contributed by atoms with Gasteiger partial charge in [0.2, 0.25) is 0 Å². The smallest absolute Gasteiger partial charge is 0.416 e. The summed E-state index contributed by atoms with van der Waals surface area (Å²) in [7, 11) is 1.47. The van der Waals surface area contributed by atoms with E-state index >= 15 is 0 Å². The van der Waals surface area contributed by atoms with E-state index in [0.717, 1.165) is 12.1 Å². The maximum Gasteiger partial charge on any atom is 0.416 e. The molecule has 0 radical (unpaired) electrons. The first-order chi connectivity index (χ1) is 12.8. The van der Waals surface area contributed by atoms with Gasteiger partial charge in [-0.05, 0) is 50.2 Å². The number of amides is 1. The molecule has 0 aliphatic rings. The van der Waals surface area contributed by atoms with Gasteiger partial charge in [0.05, 0.1) is 31.6 Å². The number of rotatable bonds is 7. The largest absolute Gasteiger partial charge is 0.493 e. The molecule has 1 N–H and O–H groups in total. The quantitative estimate of drug-likeness (QED) is 0.749. The Labute approximate surface area is 155 Å². The van der Waals surface area contributed by atoms with E-state index in [-0.39, 0.29) is 23.6 Å². The molecule has 0 atom stereocenters. The molecule has 2 rings (SSSR count). The van der Waals surface area contributed by atoms with Crippen molar-refractivity contribution in [1.82, 2.24) is 0 Å². The Bertz CT molecular complexity index is 806. The van der Waals surface area contributed by atoms with E-state index in [4.69, 9.17) is 14.2 Å². The molecule has 5 nitrogen and oxygen atoms in total. The fraction of sp³-hybridized carbons (Fsp3) is 0.316. The molecule has 0 saturated heterocycles. The highest BCUT2D eigenvalue weighted by molar-refractivity contribution is 6.05. The topological polar surface area (TPSA) is 56.8 Å². The highest BCUT2D eigenvalue weighted by Gasteiger charge is 2.31. The van der Waals surface area contributed by atoms with Crippen molar-refractivity contribution in [3.63, 3.8) is 0 Å². The predicted molar refractivity (Wildman–Crippen MR) is 94.7 cm³/mol. The molecule has 0 heterocycles. The highest BCUT2D eigenvalue weighted by Crippen LogP contribution is 2.35. The zero-order valence-corrected chi connectivity index (χ0v) is 15.1. The maximum atomic E-state index is 13.0. The summed E-state index contributed by atoms with van der Waals surface area (Å²) in [5, 5.41) is 2.47. The molecular formula is C19H20F3NO4. The highest BCUT2D eigenvalue weighted by atomic mass is 19.4. The van der Waals surface area contributed by atoms with Gasteiger partial charge in [0.1, 0.15) is 5.75 Å². The lowest BCUT2D eigenvalue weighted by atomic mass is 10.1. The summed E-state index contributed by atoms with van der Waals surface area (Å²) in [6.45, 7) is 4.08. The molecule has 2 aromatic carbocycles. The SMILES string of the molecule is CCOc1ccc(C(F)(F)F)cc1NC(=O)c1ccc(OC)c(OCC)c1. The summed E-state index contributed by atoms with van der Waals surface area (Å²) >= 11 is 0. The van der Waals surface area contributed by atoms with Gasteiger partial charge in [-0.1, -0.05) is 0 Å². The molecule has 0 unspecified atom stereocenters. The van der Waals surface area contributed by atoms with Crippen molar-refractivity contribution < 1.29 is 32.2 Å². The van der Waals surface area contributed by atoms with Crippen LogP contribution in [0.25, 0.3) is 0 Å². The first-order valence-electron chi connectivity index (χ1n) is 8.26. The monoisotopic (exact) mass is 383 g/mol. The zero-order chi connectivity index (χ0) is 20.0. The van der Waals surface area contributed by atoms with Gasteiger partial charge in [-0.2, -0.15) is 13.2 Å². The lowest BCUT2D eigenvalue weighted by molar-refractivity contribution is -0.137. The minimum atomic E-state index is -4.54. The van der Waals surface area contributed by atoms with Gasteiger partial charge in [0, 0.05) is 5.56 Å². The summed E-state index contributed by atoms with van der Waals surface area (Å²) in [6, 6.07) is 7.43. The number of ether oxygens (including phenoxy) is 3. The third kappa shape index (κ3) is 5.06. The molecule has 146 valence electrons. The number of alkyl halides is 3. The molecule has 0 aromatic heterocycles. The summed E-state index contributed by atoms with van der Waals surface area (Å²) in [5.74, 6) is 0.362. The zero-order valence-electron chi connectivity index (χ0n) is 15.1. The molecule has 2 aromatic rings. The fourth-order valence-corrected chi connectivity index (χ4v) is 2.37. The Morgan fingerprint density at radius 1 is 0.963 bits per heavy atom. The number of carbonyl (C=O) groups excluding carboxylic acids is 1. The molecule has 0 aliphatic carbocycles. The van der Waals surface area contributed by atoms with Gasteiger partial charge in [-0.15, -0.1) is 0 Å². The van der Waals surface area contributed by atoms with E-state index in [2.05, 4.69) is 5.32 Å². The molecule has 0 aliphatic heterocycles. The second-order valence-electron chi connectivity index (χ2n) is 5.39. The molecule has 0 fully saturated rings. The second-order valence-corrected chi connectivity index (χ2v) is 5.39. The van der Waals surface area contributed by atoms with Crippen molar-refractivity contribution in [2.24, 2.45) is 0 Å². The first-order valence-corrected chi connectivity index (χ1v) is 8.26. The van der Waals surface area contributed by atoms with Gasteiger partial charge >= 0.3 is 6.18 Å². The van der Waals surface area contributed by atoms with E-state index in [1.807, 2.05) is 0 Å². The lowest BCUT2D eigenvalue weighted by Crippen LogP contribution is -2.15. The number of nitrogens with one attached hydrogen (secondary N) is 1. The molecule has 0 spiro atoms. The first kappa shape index (κ1) is 20.4. The van der Waals surface area contributed by atoms with Crippen LogP contribution < -0.4 is 19.5 Å². The predicted octanol–water partition coefficient (Wildman–Crippen LogP) is 4.76. The third-order valence-electron chi connectivity index (χ3n) is 3.58. The van der Waals surface area contributed by atoms with Crippen LogP contribution in [0.1, 0.15) is 29.8 Å². The standard InChI is InChI=1S/C19H20F3NO4/c1-4-26-15-9-7-13(19(20,21)22)11-14(15)23-18(24)12-6-8-16(25-3)17(10-12)27-5-2/h6-11H,4-5H2,1-3H3,(H,23,24). The van der Waals surface area contributed by atoms with Crippen LogP contribution in [0, 0.1) is 0 Å². The van der Waals surface area contributed by atoms with E-state index in [9.17, 15) is 18.0 Å². The number of halogens is 3. The van der Waals surface area contributed by atoms with Crippen molar-refractivity contribution in [3.05, 3.63) is 47.5 Å². The van der Waals surface area contributed by atoms with Crippen molar-refractivity contribution >= 4 is 11.6 Å². The summed E-state index contributed by atoms with van der Waals surface area (Å²) in [5.41, 5.74) is -0.740. The lowest BCUT2D eigenvalue weighted by Gasteiger charge is -2.15. The van der Waals surface area contributed by atoms with E-state index < -0.39 is 17.6 Å². The Morgan fingerprint density at radius 3 is 2.19 bits per heavy atom. The van der Waals surface area contributed by atoms with Crippen LogP contribution in [0.4, 0.5) is 18.9 Å². The van der Waals surface area contributed by atoms with Crippen LogP contribution in [-0.4, -0.2) is 26.2 Å². The third-order valence-corrected chi connectivity index (χ3v) is 3.58. The second kappa shape index (κ2) is 8.66. The van der Waals surface area contributed by atoms with Gasteiger partial charge < -0.3 is 19.5 Å². The molecule has 0 bridgehead atoms. The average molecular weight is 383 g/mol. The van der Waals surface area contributed by atoms with Gasteiger partial charge in [-0.3, -0.25) is 4.79 Å². The van der Waals surface area contributed by atoms with Gasteiger partial charge in [-0.25, -0.2) is 0 Å². The van der Waals surface area contributed by atoms with E-state index in [0.29, 0.717) is 18.1 Å². The van der Waals surface area contributed by atoms with Crippen molar-refractivity contribution in [1.29, 1.82) is 0 Å². The van der Waals surface area contributed by atoms with Crippen LogP contribution in [0.2, 0.25) is 0 Å². The molecule has 8 heteroatoms. The number of benzene rings is 2. The number of carbonyl (C=O) groups is 1. The summed E-state index contributed by atoms with van der Waals surface area (Å²) < 4.78 is 54.8. The fourth-order valence-electron chi connectivity index (χ4n) is 2.37. The summed E-state index contributed by atoms with van der Waals surface area (Å²) in [6.07, 6.45) is -4.54. The minimum Gasteiger partial charge on any atom is -0.493 e. The summed E-state index contributed by atoms with van der Waals surface area (Å²) in [4.78, 5) is 12.5. The number of methoxy groups -OCH3 is 1. The van der Waals surface area contributed by atoms with Gasteiger partial charge in [0.25, 0.3) is 5.91 Å². The van der Waals surface area contributed by atoms with Crippen LogP contribution in [0.5, 0.6) is 17.2 Å². The Hall–Kier alpha value is -2.90. The average Bonchev–Trinajstić information content (AvgIpc) is 2.62. The minimum absolute atomic E-state index is 0.0644. The number of hydrogen-bond acceptors (Lipinski definition) is 4. The molecule has 1 amide bonds. The normalized spacial score (nSPS) is 11.0. The van der Waals surface area contributed by atoms with E-state index in [1.165, 1.54) is 25.3 Å². The van der Waals surface area contributed by atoms with Crippen molar-refractivity contribution in [3.8, 4) is 17.2 Å². The number of hydrogen-bond donors (Lipinski definition) is 1. The Kier molecular flexibility index (Phi) is 6.55. The molecular weight excluding hydrogens is 363 g/mol. The van der Waals surface area contributed by atoms with Gasteiger partial charge in [0.15, 0.2) is 11.5 Å². The van der Waals surface area contributed by atoms with E-state index in [1.54, 1.807) is 19.9 Å².